The Balaban J connectivity index is 2.47. The molecule has 72 valence electrons. The number of nitrogens with two attached hydrogens (primary N) is 1. The van der Waals surface area contributed by atoms with E-state index in [0.29, 0.717) is 4.99 Å². The molecule has 0 saturated heterocycles. The maximum atomic E-state index is 5.61. The minimum atomic E-state index is -0.0821. The van der Waals surface area contributed by atoms with Crippen LogP contribution in [0.3, 0.4) is 0 Å². The predicted octanol–water partition coefficient (Wildman–Crippen LogP) is 1.59. The molecule has 0 aliphatic rings. The molecule has 2 N–H and O–H groups in total. The van der Waals surface area contributed by atoms with Crippen LogP contribution in [0.1, 0.15) is 20.3 Å². The first kappa shape index (κ1) is 10.2. The van der Waals surface area contributed by atoms with Crippen LogP contribution in [0.2, 0.25) is 0 Å². The first-order valence-corrected chi connectivity index (χ1v) is 4.70. The summed E-state index contributed by atoms with van der Waals surface area (Å²) in [6.07, 6.45) is 4.63. The third-order valence-electron chi connectivity index (χ3n) is 2.19. The molecule has 0 aliphatic carbocycles. The fourth-order valence-corrected chi connectivity index (χ4v) is 1.05. The molecule has 0 amide bonds. The molecule has 0 aliphatic heterocycles. The molecule has 0 radical (unpaired) electrons. The molecule has 3 nitrogen and oxygen atoms in total. The molecule has 1 rings (SSSR count). The van der Waals surface area contributed by atoms with E-state index in [1.165, 1.54) is 0 Å². The zero-order valence-electron chi connectivity index (χ0n) is 8.03. The number of rotatable bonds is 4. The summed E-state index contributed by atoms with van der Waals surface area (Å²) in [7, 11) is 0. The Labute approximate surface area is 83.9 Å². The summed E-state index contributed by atoms with van der Waals surface area (Å²) in [6, 6.07) is 1.91. The molecule has 13 heavy (non-hydrogen) atoms. The van der Waals surface area contributed by atoms with E-state index in [1.54, 1.807) is 6.20 Å². The van der Waals surface area contributed by atoms with E-state index >= 15 is 0 Å². The highest BCUT2D eigenvalue weighted by atomic mass is 32.1. The van der Waals surface area contributed by atoms with Crippen molar-refractivity contribution in [3.63, 3.8) is 0 Å². The van der Waals surface area contributed by atoms with Crippen LogP contribution >= 0.6 is 12.2 Å². The maximum Gasteiger partial charge on any atom is 0.0785 e. The Morgan fingerprint density at radius 2 is 2.31 bits per heavy atom. The lowest BCUT2D eigenvalue weighted by molar-refractivity contribution is 0.418. The van der Waals surface area contributed by atoms with E-state index in [-0.39, 0.29) is 5.41 Å². The normalized spacial score (nSPS) is 11.5. The van der Waals surface area contributed by atoms with Crippen LogP contribution in [-0.4, -0.2) is 14.8 Å². The fraction of sp³-hybridized carbons (Fsp3) is 0.556. The third-order valence-corrected chi connectivity index (χ3v) is 2.74. The fourth-order valence-electron chi connectivity index (χ4n) is 0.950. The van der Waals surface area contributed by atoms with Crippen molar-refractivity contribution in [2.45, 2.75) is 26.8 Å². The van der Waals surface area contributed by atoms with Gasteiger partial charge in [-0.3, -0.25) is 4.68 Å². The number of nitrogens with zero attached hydrogens (tertiary/aromatic N) is 2. The standard InChI is InChI=1S/C9H15N3S/c1-9(2,8(10)13)4-7-12-6-3-5-11-12/h3,5-6H,4,7H2,1-2H3,(H2,10,13). The van der Waals surface area contributed by atoms with Crippen LogP contribution in [0, 0.1) is 5.41 Å². The van der Waals surface area contributed by atoms with Crippen molar-refractivity contribution in [2.75, 3.05) is 0 Å². The van der Waals surface area contributed by atoms with E-state index in [4.69, 9.17) is 18.0 Å². The SMILES string of the molecule is CC(C)(CCn1cccn1)C(N)=S. The van der Waals surface area contributed by atoms with Crippen LogP contribution in [0.15, 0.2) is 18.5 Å². The van der Waals surface area contributed by atoms with E-state index < -0.39 is 0 Å². The van der Waals surface area contributed by atoms with Gasteiger partial charge in [-0.2, -0.15) is 5.10 Å². The summed E-state index contributed by atoms with van der Waals surface area (Å²) in [6.45, 7) is 4.97. The quantitative estimate of drug-likeness (QED) is 0.745. The largest absolute Gasteiger partial charge is 0.393 e. The molecule has 4 heteroatoms. The maximum absolute atomic E-state index is 5.61. The van der Waals surface area contributed by atoms with Gasteiger partial charge in [-0.05, 0) is 12.5 Å². The van der Waals surface area contributed by atoms with Gasteiger partial charge in [0.15, 0.2) is 0 Å². The first-order chi connectivity index (χ1) is 6.02. The molecule has 0 fully saturated rings. The van der Waals surface area contributed by atoms with Gasteiger partial charge in [-0.15, -0.1) is 0 Å². The number of thiocarbonyl (C=S) groups is 1. The Hall–Kier alpha value is -0.900. The Bertz CT molecular complexity index is 277. The van der Waals surface area contributed by atoms with Crippen molar-refractivity contribution in [2.24, 2.45) is 11.1 Å². The zero-order chi connectivity index (χ0) is 9.90. The molecular weight excluding hydrogens is 182 g/mol. The molecule has 0 spiro atoms. The first-order valence-electron chi connectivity index (χ1n) is 4.30. The smallest absolute Gasteiger partial charge is 0.0785 e. The molecular formula is C9H15N3S. The molecule has 1 heterocycles. The Kier molecular flexibility index (Phi) is 3.03. The zero-order valence-corrected chi connectivity index (χ0v) is 8.84. The van der Waals surface area contributed by atoms with Crippen molar-refractivity contribution >= 4 is 17.2 Å². The van der Waals surface area contributed by atoms with Crippen LogP contribution in [0.4, 0.5) is 0 Å². The highest BCUT2D eigenvalue weighted by molar-refractivity contribution is 7.80. The summed E-state index contributed by atoms with van der Waals surface area (Å²) in [5.74, 6) is 0. The summed E-state index contributed by atoms with van der Waals surface area (Å²) >= 11 is 4.97. The van der Waals surface area contributed by atoms with Gasteiger partial charge >= 0.3 is 0 Å². The number of aryl methyl sites for hydroxylation is 1. The minimum Gasteiger partial charge on any atom is -0.393 e. The van der Waals surface area contributed by atoms with Crippen molar-refractivity contribution < 1.29 is 0 Å². The van der Waals surface area contributed by atoms with Crippen LogP contribution in [0.25, 0.3) is 0 Å². The van der Waals surface area contributed by atoms with Gasteiger partial charge in [0.1, 0.15) is 0 Å². The molecule has 1 aromatic heterocycles. The van der Waals surface area contributed by atoms with E-state index in [9.17, 15) is 0 Å². The molecule has 0 bridgehead atoms. The minimum absolute atomic E-state index is 0.0821. The summed E-state index contributed by atoms with van der Waals surface area (Å²) in [5.41, 5.74) is 5.53. The summed E-state index contributed by atoms with van der Waals surface area (Å²) in [5, 5.41) is 4.11. The van der Waals surface area contributed by atoms with Crippen molar-refractivity contribution in [3.8, 4) is 0 Å². The number of aromatic nitrogens is 2. The van der Waals surface area contributed by atoms with E-state index in [1.807, 2.05) is 16.9 Å². The van der Waals surface area contributed by atoms with Crippen LogP contribution < -0.4 is 5.73 Å². The Morgan fingerprint density at radius 3 is 2.77 bits per heavy atom. The lowest BCUT2D eigenvalue weighted by Gasteiger charge is -2.22. The highest BCUT2D eigenvalue weighted by Crippen LogP contribution is 2.20. The second-order valence-electron chi connectivity index (χ2n) is 3.77. The monoisotopic (exact) mass is 197 g/mol. The summed E-state index contributed by atoms with van der Waals surface area (Å²) in [4.78, 5) is 0.569. The van der Waals surface area contributed by atoms with E-state index in [2.05, 4.69) is 18.9 Å². The van der Waals surface area contributed by atoms with Crippen molar-refractivity contribution in [1.29, 1.82) is 0 Å². The lowest BCUT2D eigenvalue weighted by Crippen LogP contribution is -2.30. The summed E-state index contributed by atoms with van der Waals surface area (Å²) < 4.78 is 1.89. The second kappa shape index (κ2) is 3.87. The lowest BCUT2D eigenvalue weighted by atomic mass is 9.89. The molecule has 0 unspecified atom stereocenters. The predicted molar refractivity (Wildman–Crippen MR) is 57.4 cm³/mol. The van der Waals surface area contributed by atoms with Gasteiger partial charge in [0.25, 0.3) is 0 Å². The van der Waals surface area contributed by atoms with Gasteiger partial charge in [0, 0.05) is 24.4 Å². The van der Waals surface area contributed by atoms with E-state index in [0.717, 1.165) is 13.0 Å². The van der Waals surface area contributed by atoms with Crippen molar-refractivity contribution in [1.82, 2.24) is 9.78 Å². The number of hydrogen-bond donors (Lipinski definition) is 1. The molecule has 1 aromatic rings. The van der Waals surface area contributed by atoms with Crippen LogP contribution in [-0.2, 0) is 6.54 Å². The molecule has 0 atom stereocenters. The molecule has 0 saturated carbocycles. The third kappa shape index (κ3) is 2.81. The number of hydrogen-bond acceptors (Lipinski definition) is 2. The topological polar surface area (TPSA) is 43.8 Å². The second-order valence-corrected chi connectivity index (χ2v) is 4.21. The van der Waals surface area contributed by atoms with Crippen molar-refractivity contribution in [3.05, 3.63) is 18.5 Å². The average Bonchev–Trinajstić information content (AvgIpc) is 2.52. The average molecular weight is 197 g/mol. The van der Waals surface area contributed by atoms with Crippen LogP contribution in [0.5, 0.6) is 0 Å². The van der Waals surface area contributed by atoms with Gasteiger partial charge in [0.2, 0.25) is 0 Å². The highest BCUT2D eigenvalue weighted by Gasteiger charge is 2.20. The van der Waals surface area contributed by atoms with Gasteiger partial charge in [-0.1, -0.05) is 26.1 Å². The van der Waals surface area contributed by atoms with Gasteiger partial charge in [-0.25, -0.2) is 0 Å². The molecule has 0 aromatic carbocycles. The van der Waals surface area contributed by atoms with Gasteiger partial charge < -0.3 is 5.73 Å². The Morgan fingerprint density at radius 1 is 1.62 bits per heavy atom. The van der Waals surface area contributed by atoms with Gasteiger partial charge in [0.05, 0.1) is 4.99 Å².